The SMILES string of the molecule is CC(=O)N(C)/C(N)=N\[C@](C)(c1cc(NC(=O)c2cn3cc(Cl)ccc3n2)ccc1F)C(C)C. The number of guanidine groups is 1. The van der Waals surface area contributed by atoms with Crippen molar-refractivity contribution in [2.24, 2.45) is 16.6 Å². The van der Waals surface area contributed by atoms with Gasteiger partial charge >= 0.3 is 0 Å². The zero-order chi connectivity index (χ0) is 24.5. The Bertz CT molecular complexity index is 1250. The maximum Gasteiger partial charge on any atom is 0.275 e. The van der Waals surface area contributed by atoms with Gasteiger partial charge in [0, 0.05) is 37.6 Å². The van der Waals surface area contributed by atoms with Crippen molar-refractivity contribution < 1.29 is 14.0 Å². The quantitative estimate of drug-likeness (QED) is 0.431. The van der Waals surface area contributed by atoms with Gasteiger partial charge in [-0.15, -0.1) is 0 Å². The van der Waals surface area contributed by atoms with Crippen LogP contribution in [0.4, 0.5) is 10.1 Å². The van der Waals surface area contributed by atoms with E-state index in [0.717, 1.165) is 0 Å². The molecule has 3 aromatic rings. The highest BCUT2D eigenvalue weighted by Gasteiger charge is 2.34. The van der Waals surface area contributed by atoms with Crippen molar-refractivity contribution in [2.45, 2.75) is 33.2 Å². The third-order valence-corrected chi connectivity index (χ3v) is 5.93. The third-order valence-electron chi connectivity index (χ3n) is 5.70. The van der Waals surface area contributed by atoms with Gasteiger partial charge in [-0.3, -0.25) is 14.5 Å². The molecule has 0 saturated heterocycles. The lowest BCUT2D eigenvalue weighted by Gasteiger charge is -2.32. The van der Waals surface area contributed by atoms with Crippen LogP contribution in [0.5, 0.6) is 0 Å². The first-order valence-corrected chi connectivity index (χ1v) is 10.7. The Balaban J connectivity index is 1.96. The topological polar surface area (TPSA) is 105 Å². The molecule has 10 heteroatoms. The number of aliphatic imine (C=N–C) groups is 1. The van der Waals surface area contributed by atoms with Crippen LogP contribution in [-0.4, -0.2) is 39.1 Å². The minimum absolute atomic E-state index is 0.0316. The number of benzene rings is 1. The maximum atomic E-state index is 14.9. The normalized spacial score (nSPS) is 13.8. The van der Waals surface area contributed by atoms with Gasteiger partial charge in [0.05, 0.1) is 10.6 Å². The minimum Gasteiger partial charge on any atom is -0.369 e. The van der Waals surface area contributed by atoms with Gasteiger partial charge in [-0.25, -0.2) is 14.4 Å². The Kier molecular flexibility index (Phi) is 6.73. The van der Waals surface area contributed by atoms with Gasteiger partial charge in [-0.2, -0.15) is 0 Å². The van der Waals surface area contributed by atoms with E-state index in [1.165, 1.54) is 37.1 Å². The molecular weight excluding hydrogens is 447 g/mol. The van der Waals surface area contributed by atoms with Crippen molar-refractivity contribution in [3.8, 4) is 0 Å². The van der Waals surface area contributed by atoms with Crippen molar-refractivity contribution >= 4 is 40.7 Å². The van der Waals surface area contributed by atoms with E-state index in [1.54, 1.807) is 35.9 Å². The number of halogens is 2. The van der Waals surface area contributed by atoms with Gasteiger partial charge in [0.1, 0.15) is 17.2 Å². The van der Waals surface area contributed by atoms with Crippen LogP contribution < -0.4 is 11.1 Å². The van der Waals surface area contributed by atoms with Crippen molar-refractivity contribution in [1.29, 1.82) is 0 Å². The number of nitrogens with zero attached hydrogens (tertiary/aromatic N) is 4. The molecule has 0 saturated carbocycles. The lowest BCUT2D eigenvalue weighted by Crippen LogP contribution is -2.41. The van der Waals surface area contributed by atoms with Crippen molar-refractivity contribution in [3.63, 3.8) is 0 Å². The van der Waals surface area contributed by atoms with Crippen LogP contribution in [0.25, 0.3) is 5.65 Å². The fourth-order valence-corrected chi connectivity index (χ4v) is 3.40. The Morgan fingerprint density at radius 3 is 2.61 bits per heavy atom. The second-order valence-electron chi connectivity index (χ2n) is 8.24. The molecular formula is C23H26ClFN6O2. The number of nitrogens with one attached hydrogen (secondary N) is 1. The lowest BCUT2D eigenvalue weighted by atomic mass is 9.81. The number of amides is 2. The summed E-state index contributed by atoms with van der Waals surface area (Å²) in [6, 6.07) is 7.61. The molecule has 0 fully saturated rings. The molecule has 0 radical (unpaired) electrons. The molecule has 33 heavy (non-hydrogen) atoms. The summed E-state index contributed by atoms with van der Waals surface area (Å²) < 4.78 is 16.6. The van der Waals surface area contributed by atoms with Crippen LogP contribution in [0.1, 0.15) is 43.7 Å². The lowest BCUT2D eigenvalue weighted by molar-refractivity contribution is -0.124. The molecule has 1 aromatic carbocycles. The van der Waals surface area contributed by atoms with E-state index in [2.05, 4.69) is 15.3 Å². The monoisotopic (exact) mass is 472 g/mol. The van der Waals surface area contributed by atoms with Gasteiger partial charge in [0.25, 0.3) is 5.91 Å². The number of pyridine rings is 1. The van der Waals surface area contributed by atoms with Crippen molar-refractivity contribution in [2.75, 3.05) is 12.4 Å². The molecule has 1 atom stereocenters. The Morgan fingerprint density at radius 2 is 1.97 bits per heavy atom. The zero-order valence-electron chi connectivity index (χ0n) is 19.1. The highest BCUT2D eigenvalue weighted by molar-refractivity contribution is 6.30. The van der Waals surface area contributed by atoms with E-state index in [1.807, 2.05) is 13.8 Å². The zero-order valence-corrected chi connectivity index (χ0v) is 19.8. The summed E-state index contributed by atoms with van der Waals surface area (Å²) in [5, 5.41) is 3.26. The molecule has 0 bridgehead atoms. The van der Waals surface area contributed by atoms with Gasteiger partial charge < -0.3 is 15.5 Å². The predicted molar refractivity (Wildman–Crippen MR) is 127 cm³/mol. The number of aromatic nitrogens is 2. The first kappa shape index (κ1) is 24.2. The second kappa shape index (κ2) is 9.19. The number of hydrogen-bond donors (Lipinski definition) is 2. The first-order valence-electron chi connectivity index (χ1n) is 10.3. The van der Waals surface area contributed by atoms with Crippen LogP contribution in [0.3, 0.4) is 0 Å². The Hall–Kier alpha value is -3.46. The largest absolute Gasteiger partial charge is 0.369 e. The minimum atomic E-state index is -1.10. The molecule has 0 aliphatic heterocycles. The summed E-state index contributed by atoms with van der Waals surface area (Å²) in [6.07, 6.45) is 3.20. The molecule has 174 valence electrons. The molecule has 2 amide bonds. The molecule has 0 spiro atoms. The van der Waals surface area contributed by atoms with Crippen molar-refractivity contribution in [3.05, 3.63) is 64.8 Å². The smallest absolute Gasteiger partial charge is 0.275 e. The summed E-state index contributed by atoms with van der Waals surface area (Å²) in [4.78, 5) is 34.4. The third kappa shape index (κ3) is 4.98. The molecule has 8 nitrogen and oxygen atoms in total. The molecule has 0 aliphatic rings. The Morgan fingerprint density at radius 1 is 1.27 bits per heavy atom. The molecule has 2 heterocycles. The highest BCUT2D eigenvalue weighted by atomic mass is 35.5. The predicted octanol–water partition coefficient (Wildman–Crippen LogP) is 4.04. The molecule has 3 rings (SSSR count). The number of imidazole rings is 1. The number of fused-ring (bicyclic) bond motifs is 1. The van der Waals surface area contributed by atoms with E-state index in [-0.39, 0.29) is 29.0 Å². The van der Waals surface area contributed by atoms with Crippen LogP contribution in [-0.2, 0) is 10.3 Å². The first-order chi connectivity index (χ1) is 15.4. The summed E-state index contributed by atoms with van der Waals surface area (Å²) in [5.41, 5.74) is 6.26. The van der Waals surface area contributed by atoms with Gasteiger partial charge in [-0.05, 0) is 43.2 Å². The molecule has 0 aliphatic carbocycles. The fraction of sp³-hybridized carbons (Fsp3) is 0.304. The average molecular weight is 473 g/mol. The highest BCUT2D eigenvalue weighted by Crippen LogP contribution is 2.37. The number of hydrogen-bond acceptors (Lipinski definition) is 4. The number of carbonyl (C=O) groups excluding carboxylic acids is 2. The van der Waals surface area contributed by atoms with Crippen LogP contribution in [0.15, 0.2) is 47.7 Å². The van der Waals surface area contributed by atoms with Gasteiger partial charge in [0.2, 0.25) is 5.91 Å². The van der Waals surface area contributed by atoms with Crippen LogP contribution >= 0.6 is 11.6 Å². The van der Waals surface area contributed by atoms with E-state index in [4.69, 9.17) is 17.3 Å². The van der Waals surface area contributed by atoms with E-state index < -0.39 is 17.3 Å². The average Bonchev–Trinajstić information content (AvgIpc) is 3.17. The fourth-order valence-electron chi connectivity index (χ4n) is 3.23. The van der Waals surface area contributed by atoms with Gasteiger partial charge in [-0.1, -0.05) is 25.4 Å². The number of anilines is 1. The van der Waals surface area contributed by atoms with E-state index in [0.29, 0.717) is 16.4 Å². The number of nitrogens with two attached hydrogens (primary N) is 1. The van der Waals surface area contributed by atoms with Gasteiger partial charge in [0.15, 0.2) is 5.96 Å². The molecule has 0 unspecified atom stereocenters. The number of carbonyl (C=O) groups is 2. The molecule has 3 N–H and O–H groups in total. The van der Waals surface area contributed by atoms with E-state index in [9.17, 15) is 14.0 Å². The maximum absolute atomic E-state index is 14.9. The Labute approximate surface area is 196 Å². The number of rotatable bonds is 5. The van der Waals surface area contributed by atoms with Crippen LogP contribution in [0, 0.1) is 11.7 Å². The summed E-state index contributed by atoms with van der Waals surface area (Å²) in [7, 11) is 1.50. The molecule has 2 aromatic heterocycles. The summed E-state index contributed by atoms with van der Waals surface area (Å²) >= 11 is 5.98. The summed E-state index contributed by atoms with van der Waals surface area (Å²) in [5.74, 6) is -1.47. The van der Waals surface area contributed by atoms with Crippen molar-refractivity contribution in [1.82, 2.24) is 14.3 Å². The standard InChI is InChI=1S/C23H26ClFN6O2/c1-13(2)23(4,29-22(26)30(5)14(3)32)17-10-16(7-8-18(17)25)27-21(33)19-12-31-11-15(24)6-9-20(31)28-19/h6-13H,1-5H3,(H2,26,29)(H,27,33)/t23-/m0/s1. The summed E-state index contributed by atoms with van der Waals surface area (Å²) in [6.45, 7) is 6.83. The second-order valence-corrected chi connectivity index (χ2v) is 8.67. The van der Waals surface area contributed by atoms with Crippen LogP contribution in [0.2, 0.25) is 5.02 Å². The van der Waals surface area contributed by atoms with E-state index >= 15 is 0 Å².